The summed E-state index contributed by atoms with van der Waals surface area (Å²) < 4.78 is 7.29. The quantitative estimate of drug-likeness (QED) is 0.242. The molecule has 0 aliphatic carbocycles. The Morgan fingerprint density at radius 3 is 1.51 bits per heavy atom. The van der Waals surface area contributed by atoms with Crippen molar-refractivity contribution in [3.63, 3.8) is 0 Å². The van der Waals surface area contributed by atoms with Gasteiger partial charge in [-0.05, 0) is 42.5 Å². The molecule has 0 fully saturated rings. The summed E-state index contributed by atoms with van der Waals surface area (Å²) in [7, 11) is 0. The molecule has 9 aromatic rings. The van der Waals surface area contributed by atoms with Gasteiger partial charge in [0.25, 0.3) is 0 Å². The highest BCUT2D eigenvalue weighted by atomic mass is 15.1. The summed E-state index contributed by atoms with van der Waals surface area (Å²) in [5, 5.41) is 6.52. The van der Waals surface area contributed by atoms with Crippen LogP contribution in [-0.2, 0) is 0 Å². The predicted molar refractivity (Wildman–Crippen MR) is 146 cm³/mol. The van der Waals surface area contributed by atoms with Gasteiger partial charge >= 0.3 is 0 Å². The van der Waals surface area contributed by atoms with Gasteiger partial charge in [-0.15, -0.1) is 0 Å². The van der Waals surface area contributed by atoms with Crippen LogP contribution < -0.4 is 0 Å². The van der Waals surface area contributed by atoms with Crippen molar-refractivity contribution in [2.75, 3.05) is 0 Å². The van der Waals surface area contributed by atoms with Gasteiger partial charge in [-0.3, -0.25) is 8.80 Å². The first kappa shape index (κ1) is 17.7. The fraction of sp³-hybridized carbons (Fsp3) is 0. The van der Waals surface area contributed by atoms with Crippen LogP contribution in [0.1, 0.15) is 0 Å². The van der Waals surface area contributed by atoms with Crippen molar-refractivity contribution in [3.05, 3.63) is 115 Å². The Morgan fingerprint density at radius 1 is 0.371 bits per heavy atom. The van der Waals surface area contributed by atoms with Crippen LogP contribution in [0.25, 0.3) is 71.4 Å². The largest absolute Gasteiger partial charge is 0.309 e. The van der Waals surface area contributed by atoms with Crippen molar-refractivity contribution < 1.29 is 0 Å². The van der Waals surface area contributed by atoms with E-state index in [4.69, 9.17) is 0 Å². The molecule has 0 bridgehead atoms. The van der Waals surface area contributed by atoms with Crippen LogP contribution >= 0.6 is 0 Å². The van der Waals surface area contributed by atoms with E-state index in [9.17, 15) is 0 Å². The molecule has 3 heteroatoms. The van der Waals surface area contributed by atoms with E-state index in [1.807, 2.05) is 0 Å². The van der Waals surface area contributed by atoms with Crippen LogP contribution in [-0.4, -0.2) is 13.4 Å². The molecule has 0 spiro atoms. The van der Waals surface area contributed by atoms with Crippen LogP contribution in [0.5, 0.6) is 0 Å². The zero-order valence-corrected chi connectivity index (χ0v) is 18.8. The maximum Gasteiger partial charge on any atom is 0.131 e. The second kappa shape index (κ2) is 6.02. The molecule has 9 rings (SSSR count). The average Bonchev–Trinajstić information content (AvgIpc) is 3.62. The molecule has 162 valence electrons. The minimum Gasteiger partial charge on any atom is -0.309 e. The Kier molecular flexibility index (Phi) is 3.04. The van der Waals surface area contributed by atoms with E-state index in [-0.39, 0.29) is 0 Å². The lowest BCUT2D eigenvalue weighted by molar-refractivity contribution is 1.18. The topological polar surface area (TPSA) is 13.8 Å². The molecule has 0 aliphatic heterocycles. The second-order valence-corrected chi connectivity index (χ2v) is 9.45. The number of nitrogens with zero attached hydrogens (tertiary/aromatic N) is 3. The number of imidazole rings is 1. The molecular weight excluding hydrogens is 426 g/mol. The van der Waals surface area contributed by atoms with E-state index in [1.165, 1.54) is 71.4 Å². The minimum absolute atomic E-state index is 1.19. The fourth-order valence-electron chi connectivity index (χ4n) is 6.40. The Labute approximate surface area is 200 Å². The number of benzene rings is 5. The standard InChI is InChI=1S/C32H19N3/c1-4-12-25-21(9-1)22-10-2-5-13-26(22)33(25)20-17-18-24-30(19-20)35-29-16-8-7-15-28(29)34-27-14-6-3-11-23(27)31(24)32(34)35/h1-19H. The van der Waals surface area contributed by atoms with Crippen LogP contribution in [0.3, 0.4) is 0 Å². The number of fused-ring (bicyclic) bond motifs is 12. The molecular formula is C32H19N3. The van der Waals surface area contributed by atoms with E-state index in [2.05, 4.69) is 129 Å². The Hall–Kier alpha value is -4.76. The molecule has 0 N–H and O–H groups in total. The molecule has 0 aliphatic rings. The minimum atomic E-state index is 1.19. The number of hydrogen-bond acceptors (Lipinski definition) is 0. The number of rotatable bonds is 1. The summed E-state index contributed by atoms with van der Waals surface area (Å²) in [5.41, 5.74) is 9.93. The molecule has 3 nitrogen and oxygen atoms in total. The maximum atomic E-state index is 2.46. The van der Waals surface area contributed by atoms with Crippen LogP contribution in [0, 0.1) is 0 Å². The van der Waals surface area contributed by atoms with E-state index in [0.717, 1.165) is 0 Å². The summed E-state index contributed by atoms with van der Waals surface area (Å²) >= 11 is 0. The van der Waals surface area contributed by atoms with Gasteiger partial charge in [0.05, 0.1) is 33.1 Å². The molecule has 0 atom stereocenters. The second-order valence-electron chi connectivity index (χ2n) is 9.45. The summed E-state index contributed by atoms with van der Waals surface area (Å²) in [4.78, 5) is 0. The lowest BCUT2D eigenvalue weighted by atomic mass is 10.1. The van der Waals surface area contributed by atoms with E-state index in [1.54, 1.807) is 0 Å². The highest BCUT2D eigenvalue weighted by molar-refractivity contribution is 6.24. The van der Waals surface area contributed by atoms with Crippen molar-refractivity contribution in [3.8, 4) is 5.69 Å². The van der Waals surface area contributed by atoms with Gasteiger partial charge in [0.15, 0.2) is 0 Å². The van der Waals surface area contributed by atoms with Crippen molar-refractivity contribution in [2.45, 2.75) is 0 Å². The molecule has 0 saturated carbocycles. The Morgan fingerprint density at radius 2 is 0.857 bits per heavy atom. The van der Waals surface area contributed by atoms with Gasteiger partial charge in [0, 0.05) is 32.6 Å². The van der Waals surface area contributed by atoms with Crippen LogP contribution in [0.4, 0.5) is 0 Å². The smallest absolute Gasteiger partial charge is 0.131 e. The molecule has 5 aromatic carbocycles. The van der Waals surface area contributed by atoms with Gasteiger partial charge in [-0.2, -0.15) is 0 Å². The summed E-state index contributed by atoms with van der Waals surface area (Å²) in [6, 6.07) is 41.9. The van der Waals surface area contributed by atoms with E-state index in [0.29, 0.717) is 0 Å². The number of para-hydroxylation sites is 5. The Balaban J connectivity index is 1.50. The lowest BCUT2D eigenvalue weighted by Gasteiger charge is -2.08. The maximum absolute atomic E-state index is 2.46. The van der Waals surface area contributed by atoms with E-state index >= 15 is 0 Å². The predicted octanol–water partition coefficient (Wildman–Crippen LogP) is 8.19. The fourth-order valence-corrected chi connectivity index (χ4v) is 6.40. The molecule has 0 unspecified atom stereocenters. The van der Waals surface area contributed by atoms with E-state index < -0.39 is 0 Å². The van der Waals surface area contributed by atoms with Gasteiger partial charge in [0.1, 0.15) is 5.65 Å². The monoisotopic (exact) mass is 445 g/mol. The third-order valence-corrected chi connectivity index (χ3v) is 7.75. The Bertz CT molecular complexity index is 2210. The highest BCUT2D eigenvalue weighted by Gasteiger charge is 2.22. The zero-order chi connectivity index (χ0) is 22.7. The third-order valence-electron chi connectivity index (χ3n) is 7.75. The molecule has 0 amide bonds. The summed E-state index contributed by atoms with van der Waals surface area (Å²) in [5.74, 6) is 0. The molecule has 0 saturated heterocycles. The lowest BCUT2D eigenvalue weighted by Crippen LogP contribution is -1.94. The SMILES string of the molecule is c1ccc2c(c1)c1ccccc1n2-c1ccc2c3c4ccccc4n4c5ccccc5n(c2c1)c34. The summed E-state index contributed by atoms with van der Waals surface area (Å²) in [6.45, 7) is 0. The molecule has 0 radical (unpaired) electrons. The van der Waals surface area contributed by atoms with Crippen LogP contribution in [0.2, 0.25) is 0 Å². The molecule has 4 heterocycles. The molecule has 35 heavy (non-hydrogen) atoms. The zero-order valence-electron chi connectivity index (χ0n) is 18.8. The normalized spacial score (nSPS) is 12.6. The van der Waals surface area contributed by atoms with Crippen molar-refractivity contribution in [2.24, 2.45) is 0 Å². The van der Waals surface area contributed by atoms with Crippen LogP contribution in [0.15, 0.2) is 115 Å². The van der Waals surface area contributed by atoms with Gasteiger partial charge in [0.2, 0.25) is 0 Å². The van der Waals surface area contributed by atoms with Crippen molar-refractivity contribution in [1.82, 2.24) is 13.4 Å². The van der Waals surface area contributed by atoms with Gasteiger partial charge in [-0.1, -0.05) is 72.8 Å². The first-order valence-electron chi connectivity index (χ1n) is 12.1. The van der Waals surface area contributed by atoms with Crippen molar-refractivity contribution >= 4 is 65.7 Å². The number of aromatic nitrogens is 3. The third kappa shape index (κ3) is 2.00. The average molecular weight is 446 g/mol. The summed E-state index contributed by atoms with van der Waals surface area (Å²) in [6.07, 6.45) is 0. The van der Waals surface area contributed by atoms with Gasteiger partial charge in [-0.25, -0.2) is 0 Å². The first-order chi connectivity index (χ1) is 17.4. The number of hydrogen-bond donors (Lipinski definition) is 0. The molecule has 4 aromatic heterocycles. The van der Waals surface area contributed by atoms with Crippen molar-refractivity contribution in [1.29, 1.82) is 0 Å². The first-order valence-corrected chi connectivity index (χ1v) is 12.1. The highest BCUT2D eigenvalue weighted by Crippen LogP contribution is 2.42. The van der Waals surface area contributed by atoms with Gasteiger partial charge < -0.3 is 4.57 Å².